The summed E-state index contributed by atoms with van der Waals surface area (Å²) in [6.07, 6.45) is 4.67. The molecule has 172 valence electrons. The Bertz CT molecular complexity index is 1150. The molecule has 2 heterocycles. The molecule has 4 rings (SSSR count). The monoisotopic (exact) mass is 454 g/mol. The normalized spacial score (nSPS) is 13.7. The highest BCUT2D eigenvalue weighted by Crippen LogP contribution is 2.30. The Morgan fingerprint density at radius 2 is 1.82 bits per heavy atom. The zero-order valence-corrected chi connectivity index (χ0v) is 17.9. The molecule has 0 saturated carbocycles. The van der Waals surface area contributed by atoms with Gasteiger partial charge in [-0.15, -0.1) is 0 Å². The van der Waals surface area contributed by atoms with Crippen molar-refractivity contribution >= 4 is 23.2 Å². The smallest absolute Gasteiger partial charge is 0.248 e. The van der Waals surface area contributed by atoms with Gasteiger partial charge in [0, 0.05) is 31.5 Å². The molecule has 1 saturated heterocycles. The van der Waals surface area contributed by atoms with Crippen molar-refractivity contribution in [2.24, 2.45) is 5.73 Å². The largest absolute Gasteiger partial charge is 0.441 e. The fraction of sp³-hybridized carbons (Fsp3) is 0.292. The molecule has 3 N–H and O–H groups in total. The van der Waals surface area contributed by atoms with Gasteiger partial charge in [0.25, 0.3) is 0 Å². The third kappa shape index (κ3) is 5.19. The number of carbonyl (C=O) groups excluding carboxylic acids is 2. The van der Waals surface area contributed by atoms with Crippen LogP contribution in [0.3, 0.4) is 0 Å². The third-order valence-electron chi connectivity index (χ3n) is 5.58. The predicted molar refractivity (Wildman–Crippen MR) is 120 cm³/mol. The number of carbonyl (C=O) groups is 2. The van der Waals surface area contributed by atoms with E-state index in [1.165, 1.54) is 12.3 Å². The summed E-state index contributed by atoms with van der Waals surface area (Å²) >= 11 is 0. The Labute approximate surface area is 189 Å². The predicted octanol–water partition coefficient (Wildman–Crippen LogP) is 4.28. The van der Waals surface area contributed by atoms with Gasteiger partial charge in [0.15, 0.2) is 11.7 Å². The maximum absolute atomic E-state index is 14.0. The average Bonchev–Trinajstić information content (AvgIpc) is 3.26. The minimum atomic E-state index is -0.755. The van der Waals surface area contributed by atoms with Crippen LogP contribution in [0, 0.1) is 11.6 Å². The molecular formula is C24H24F2N4O3. The van der Waals surface area contributed by atoms with Crippen LogP contribution in [0.15, 0.2) is 47.0 Å². The van der Waals surface area contributed by atoms with Crippen molar-refractivity contribution in [2.75, 3.05) is 23.3 Å². The van der Waals surface area contributed by atoms with Crippen molar-refractivity contribution in [3.05, 3.63) is 65.7 Å². The van der Waals surface area contributed by atoms with Crippen LogP contribution in [0.2, 0.25) is 0 Å². The summed E-state index contributed by atoms with van der Waals surface area (Å²) < 4.78 is 33.4. The van der Waals surface area contributed by atoms with Gasteiger partial charge >= 0.3 is 0 Å². The number of nitrogens with two attached hydrogens (primary N) is 1. The van der Waals surface area contributed by atoms with Crippen LogP contribution in [-0.4, -0.2) is 29.9 Å². The molecule has 0 atom stereocenters. The molecule has 0 bridgehead atoms. The van der Waals surface area contributed by atoms with Gasteiger partial charge < -0.3 is 20.4 Å². The number of amides is 2. The molecule has 0 radical (unpaired) electrons. The van der Waals surface area contributed by atoms with Crippen LogP contribution in [0.4, 0.5) is 20.2 Å². The Hall–Kier alpha value is -3.75. The highest BCUT2D eigenvalue weighted by molar-refractivity contribution is 5.99. The number of benzene rings is 2. The molecule has 2 aromatic carbocycles. The van der Waals surface area contributed by atoms with Gasteiger partial charge in [-0.05, 0) is 49.6 Å². The summed E-state index contributed by atoms with van der Waals surface area (Å²) in [4.78, 5) is 30.5. The van der Waals surface area contributed by atoms with Crippen LogP contribution >= 0.6 is 0 Å². The highest BCUT2D eigenvalue weighted by Gasteiger charge is 2.19. The van der Waals surface area contributed by atoms with Gasteiger partial charge in [0.1, 0.15) is 11.6 Å². The van der Waals surface area contributed by atoms with E-state index in [4.69, 9.17) is 10.2 Å². The first kappa shape index (κ1) is 22.4. The van der Waals surface area contributed by atoms with Gasteiger partial charge in [-0.3, -0.25) is 9.59 Å². The first-order chi connectivity index (χ1) is 15.9. The van der Waals surface area contributed by atoms with Crippen molar-refractivity contribution < 1.29 is 22.8 Å². The Morgan fingerprint density at radius 1 is 1.09 bits per heavy atom. The number of halogens is 2. The molecule has 1 aliphatic rings. The number of nitrogens with zero attached hydrogens (tertiary/aromatic N) is 2. The molecule has 2 amide bonds. The van der Waals surface area contributed by atoms with E-state index in [0.29, 0.717) is 11.3 Å². The number of aromatic nitrogens is 1. The van der Waals surface area contributed by atoms with Gasteiger partial charge in [-0.1, -0.05) is 6.07 Å². The molecule has 0 unspecified atom stereocenters. The third-order valence-corrected chi connectivity index (χ3v) is 5.58. The lowest BCUT2D eigenvalue weighted by Gasteiger charge is -2.30. The quantitative estimate of drug-likeness (QED) is 0.555. The zero-order valence-electron chi connectivity index (χ0n) is 17.9. The molecule has 1 aliphatic heterocycles. The first-order valence-corrected chi connectivity index (χ1v) is 10.8. The number of primary amides is 1. The van der Waals surface area contributed by atoms with Gasteiger partial charge in [-0.2, -0.15) is 0 Å². The maximum atomic E-state index is 14.0. The Balaban J connectivity index is 1.45. The summed E-state index contributed by atoms with van der Waals surface area (Å²) in [6.45, 7) is 1.73. The number of anilines is 2. The lowest BCUT2D eigenvalue weighted by molar-refractivity contribution is -0.116. The van der Waals surface area contributed by atoms with Gasteiger partial charge in [0.2, 0.25) is 11.8 Å². The molecule has 1 fully saturated rings. The van der Waals surface area contributed by atoms with Crippen LogP contribution in [0.1, 0.15) is 41.9 Å². The van der Waals surface area contributed by atoms with Crippen LogP contribution in [-0.2, 0) is 11.2 Å². The summed E-state index contributed by atoms with van der Waals surface area (Å²) in [6, 6.07) is 8.56. The van der Waals surface area contributed by atoms with E-state index < -0.39 is 17.5 Å². The summed E-state index contributed by atoms with van der Waals surface area (Å²) in [5.74, 6) is -2.26. The van der Waals surface area contributed by atoms with E-state index >= 15 is 0 Å². The molecule has 33 heavy (non-hydrogen) atoms. The second kappa shape index (κ2) is 9.81. The standard InChI is InChI=1S/C24H24F2N4O3/c25-16-5-4-6-17(26)23(16)20-14-28-22(33-20)10-9-21(31)29-18-13-15(24(27)32)7-8-19(18)30-11-2-1-3-12-30/h4-8,13-14H,1-3,9-12H2,(H2,27,32)(H,29,31). The number of oxazole rings is 1. The van der Waals surface area contributed by atoms with Gasteiger partial charge in [0.05, 0.1) is 23.1 Å². The second-order valence-corrected chi connectivity index (χ2v) is 7.91. The fourth-order valence-electron chi connectivity index (χ4n) is 3.91. The lowest BCUT2D eigenvalue weighted by atomic mass is 10.1. The van der Waals surface area contributed by atoms with E-state index in [1.54, 1.807) is 18.2 Å². The summed E-state index contributed by atoms with van der Waals surface area (Å²) in [5, 5.41) is 2.85. The van der Waals surface area contributed by atoms with E-state index in [2.05, 4.69) is 15.2 Å². The zero-order chi connectivity index (χ0) is 23.4. The van der Waals surface area contributed by atoms with Crippen molar-refractivity contribution in [3.63, 3.8) is 0 Å². The number of rotatable bonds is 7. The van der Waals surface area contributed by atoms with Crippen molar-refractivity contribution in [2.45, 2.75) is 32.1 Å². The molecule has 9 heteroatoms. The minimum Gasteiger partial charge on any atom is -0.441 e. The van der Waals surface area contributed by atoms with Crippen molar-refractivity contribution in [1.29, 1.82) is 0 Å². The summed E-state index contributed by atoms with van der Waals surface area (Å²) in [5.41, 5.74) is 6.76. The number of hydrogen-bond acceptors (Lipinski definition) is 5. The van der Waals surface area contributed by atoms with Gasteiger partial charge in [-0.25, -0.2) is 13.8 Å². The van der Waals surface area contributed by atoms with Crippen molar-refractivity contribution in [3.8, 4) is 11.3 Å². The van der Waals surface area contributed by atoms with Crippen LogP contribution in [0.5, 0.6) is 0 Å². The van der Waals surface area contributed by atoms with Crippen LogP contribution in [0.25, 0.3) is 11.3 Å². The van der Waals surface area contributed by atoms with E-state index in [0.717, 1.165) is 50.2 Å². The molecule has 0 spiro atoms. The number of hydrogen-bond donors (Lipinski definition) is 2. The SMILES string of the molecule is NC(=O)c1ccc(N2CCCCC2)c(NC(=O)CCc2ncc(-c3c(F)cccc3F)o2)c1. The second-order valence-electron chi connectivity index (χ2n) is 7.91. The van der Waals surface area contributed by atoms with E-state index in [9.17, 15) is 18.4 Å². The molecule has 7 nitrogen and oxygen atoms in total. The van der Waals surface area contributed by atoms with Crippen LogP contribution < -0.4 is 16.0 Å². The highest BCUT2D eigenvalue weighted by atomic mass is 19.1. The molecular weight excluding hydrogens is 430 g/mol. The number of nitrogens with one attached hydrogen (secondary N) is 1. The Morgan fingerprint density at radius 3 is 2.52 bits per heavy atom. The topological polar surface area (TPSA) is 101 Å². The Kier molecular flexibility index (Phi) is 6.67. The van der Waals surface area contributed by atoms with Crippen molar-refractivity contribution in [1.82, 2.24) is 4.98 Å². The summed E-state index contributed by atoms with van der Waals surface area (Å²) in [7, 11) is 0. The average molecular weight is 454 g/mol. The fourth-order valence-corrected chi connectivity index (χ4v) is 3.91. The van der Waals surface area contributed by atoms with E-state index in [1.807, 2.05) is 0 Å². The van der Waals surface area contributed by atoms with E-state index in [-0.39, 0.29) is 36.0 Å². The molecule has 1 aromatic heterocycles. The number of piperidine rings is 1. The number of aryl methyl sites for hydroxylation is 1. The lowest BCUT2D eigenvalue weighted by Crippen LogP contribution is -2.30. The maximum Gasteiger partial charge on any atom is 0.248 e. The minimum absolute atomic E-state index is 0.0277. The molecule has 0 aliphatic carbocycles. The molecule has 3 aromatic rings. The first-order valence-electron chi connectivity index (χ1n) is 10.8.